The van der Waals surface area contributed by atoms with Gasteiger partial charge in [0, 0.05) is 23.9 Å². The predicted molar refractivity (Wildman–Crippen MR) is 72.6 cm³/mol. The third-order valence-electron chi connectivity index (χ3n) is 3.38. The highest BCUT2D eigenvalue weighted by atomic mass is 32.1. The average molecular weight is 265 g/mol. The first kappa shape index (κ1) is 13.0. The summed E-state index contributed by atoms with van der Waals surface area (Å²) in [7, 11) is 0. The van der Waals surface area contributed by atoms with Crippen LogP contribution in [-0.4, -0.2) is 28.8 Å². The Morgan fingerprint density at radius 3 is 2.56 bits per heavy atom. The molecule has 1 amide bonds. The van der Waals surface area contributed by atoms with Crippen LogP contribution in [0.5, 0.6) is 0 Å². The number of amides is 1. The topological polar surface area (TPSA) is 57.6 Å². The van der Waals surface area contributed by atoms with Crippen LogP contribution in [0.15, 0.2) is 12.1 Å². The highest BCUT2D eigenvalue weighted by molar-refractivity contribution is 7.81. The quantitative estimate of drug-likeness (QED) is 0.804. The fourth-order valence-electron chi connectivity index (χ4n) is 2.25. The van der Waals surface area contributed by atoms with E-state index in [0.29, 0.717) is 18.5 Å². The number of anilines is 1. The van der Waals surface area contributed by atoms with Crippen LogP contribution in [0.3, 0.4) is 0 Å². The van der Waals surface area contributed by atoms with E-state index < -0.39 is 5.97 Å². The molecule has 18 heavy (non-hydrogen) atoms. The van der Waals surface area contributed by atoms with Gasteiger partial charge in [0.15, 0.2) is 0 Å². The number of carbonyl (C=O) groups is 2. The van der Waals surface area contributed by atoms with Crippen molar-refractivity contribution >= 4 is 30.2 Å². The van der Waals surface area contributed by atoms with Crippen LogP contribution in [-0.2, 0) is 4.79 Å². The molecule has 1 aliphatic heterocycles. The summed E-state index contributed by atoms with van der Waals surface area (Å²) in [6.45, 7) is 4.19. The van der Waals surface area contributed by atoms with E-state index in [1.807, 2.05) is 6.92 Å². The highest BCUT2D eigenvalue weighted by Gasteiger charge is 2.29. The van der Waals surface area contributed by atoms with E-state index in [9.17, 15) is 9.59 Å². The third-order valence-corrected chi connectivity index (χ3v) is 3.73. The number of nitrogens with zero attached hydrogens (tertiary/aromatic N) is 1. The zero-order valence-electron chi connectivity index (χ0n) is 10.3. The first-order valence-electron chi connectivity index (χ1n) is 5.73. The smallest absolute Gasteiger partial charge is 0.335 e. The monoisotopic (exact) mass is 265 g/mol. The Balaban J connectivity index is 2.45. The lowest BCUT2D eigenvalue weighted by atomic mass is 10.0. The molecule has 96 valence electrons. The molecule has 1 aliphatic rings. The van der Waals surface area contributed by atoms with Crippen LogP contribution in [0.25, 0.3) is 0 Å². The fraction of sp³-hybridized carbons (Fsp3) is 0.385. The van der Waals surface area contributed by atoms with Crippen molar-refractivity contribution < 1.29 is 14.7 Å². The number of thiol groups is 1. The van der Waals surface area contributed by atoms with Gasteiger partial charge in [-0.3, -0.25) is 4.79 Å². The molecule has 0 saturated carbocycles. The number of carbonyl (C=O) groups excluding carboxylic acids is 1. The molecule has 1 fully saturated rings. The van der Waals surface area contributed by atoms with Crippen molar-refractivity contribution in [2.45, 2.75) is 25.5 Å². The van der Waals surface area contributed by atoms with Crippen molar-refractivity contribution in [3.05, 3.63) is 28.8 Å². The molecule has 4 nitrogen and oxygen atoms in total. The van der Waals surface area contributed by atoms with Crippen LogP contribution in [0.1, 0.15) is 27.9 Å². The van der Waals surface area contributed by atoms with Gasteiger partial charge in [0.1, 0.15) is 0 Å². The highest BCUT2D eigenvalue weighted by Crippen LogP contribution is 2.30. The second kappa shape index (κ2) is 4.65. The molecule has 0 aromatic heterocycles. The molecule has 1 aromatic carbocycles. The molecule has 5 heteroatoms. The maximum atomic E-state index is 11.8. The Morgan fingerprint density at radius 2 is 2.06 bits per heavy atom. The number of hydrogen-bond donors (Lipinski definition) is 2. The second-order valence-electron chi connectivity index (χ2n) is 4.55. The van der Waals surface area contributed by atoms with E-state index in [4.69, 9.17) is 5.11 Å². The van der Waals surface area contributed by atoms with Crippen molar-refractivity contribution in [2.24, 2.45) is 0 Å². The molecule has 1 heterocycles. The molecule has 1 saturated heterocycles. The van der Waals surface area contributed by atoms with Crippen molar-refractivity contribution in [2.75, 3.05) is 11.4 Å². The van der Waals surface area contributed by atoms with Crippen LogP contribution >= 0.6 is 12.6 Å². The number of hydrogen-bond acceptors (Lipinski definition) is 3. The van der Waals surface area contributed by atoms with E-state index in [-0.39, 0.29) is 16.7 Å². The van der Waals surface area contributed by atoms with Crippen molar-refractivity contribution in [3.8, 4) is 0 Å². The average Bonchev–Trinajstić information content (AvgIpc) is 2.61. The Kier molecular flexibility index (Phi) is 3.34. The zero-order valence-corrected chi connectivity index (χ0v) is 11.2. The number of benzene rings is 1. The summed E-state index contributed by atoms with van der Waals surface area (Å²) in [5.41, 5.74) is 2.62. The minimum atomic E-state index is -0.943. The van der Waals surface area contributed by atoms with Gasteiger partial charge in [0.25, 0.3) is 0 Å². The number of rotatable bonds is 2. The maximum Gasteiger partial charge on any atom is 0.335 e. The van der Waals surface area contributed by atoms with Gasteiger partial charge in [-0.2, -0.15) is 12.6 Å². The van der Waals surface area contributed by atoms with E-state index >= 15 is 0 Å². The van der Waals surface area contributed by atoms with Crippen molar-refractivity contribution in [3.63, 3.8) is 0 Å². The van der Waals surface area contributed by atoms with E-state index in [2.05, 4.69) is 12.6 Å². The Bertz CT molecular complexity index is 527. The first-order valence-corrected chi connectivity index (χ1v) is 6.25. The second-order valence-corrected chi connectivity index (χ2v) is 5.28. The largest absolute Gasteiger partial charge is 0.478 e. The number of aromatic carboxylic acids is 1. The summed E-state index contributed by atoms with van der Waals surface area (Å²) >= 11 is 4.32. The van der Waals surface area contributed by atoms with Crippen molar-refractivity contribution in [1.82, 2.24) is 0 Å². The van der Waals surface area contributed by atoms with Gasteiger partial charge in [0.05, 0.1) is 5.56 Å². The molecule has 1 atom stereocenters. The summed E-state index contributed by atoms with van der Waals surface area (Å²) < 4.78 is 0. The van der Waals surface area contributed by atoms with Crippen molar-refractivity contribution in [1.29, 1.82) is 0 Å². The van der Waals surface area contributed by atoms with Gasteiger partial charge < -0.3 is 10.0 Å². The Morgan fingerprint density at radius 1 is 1.39 bits per heavy atom. The van der Waals surface area contributed by atoms with E-state index in [1.54, 1.807) is 24.0 Å². The molecule has 0 aliphatic carbocycles. The van der Waals surface area contributed by atoms with Crippen LogP contribution in [0.2, 0.25) is 0 Å². The lowest BCUT2D eigenvalue weighted by molar-refractivity contribution is -0.117. The van der Waals surface area contributed by atoms with Crippen LogP contribution in [0, 0.1) is 13.8 Å². The van der Waals surface area contributed by atoms with Gasteiger partial charge in [-0.05, 0) is 37.1 Å². The normalized spacial score (nSPS) is 19.4. The number of carboxylic acids is 1. The van der Waals surface area contributed by atoms with E-state index in [1.165, 1.54) is 0 Å². The third kappa shape index (κ3) is 2.10. The lowest BCUT2D eigenvalue weighted by Gasteiger charge is -2.20. The van der Waals surface area contributed by atoms with Gasteiger partial charge >= 0.3 is 5.97 Å². The van der Waals surface area contributed by atoms with Gasteiger partial charge in [-0.15, -0.1) is 0 Å². The van der Waals surface area contributed by atoms with Crippen LogP contribution in [0.4, 0.5) is 5.69 Å². The van der Waals surface area contributed by atoms with Gasteiger partial charge in [-0.25, -0.2) is 4.79 Å². The summed E-state index contributed by atoms with van der Waals surface area (Å²) in [4.78, 5) is 24.5. The minimum absolute atomic E-state index is 0.0422. The molecule has 1 aromatic rings. The summed E-state index contributed by atoms with van der Waals surface area (Å²) in [5.74, 6) is -0.900. The molecular weight excluding hydrogens is 250 g/mol. The molecule has 1 N–H and O–H groups in total. The standard InChI is InChI=1S/C13H15NO3S/c1-7-8(2)11(4-3-10(7)13(16)17)14-6-9(18)5-12(14)15/h3-4,9,18H,5-6H2,1-2H3,(H,16,17). The molecular formula is C13H15NO3S. The van der Waals surface area contributed by atoms with Crippen LogP contribution < -0.4 is 4.90 Å². The summed E-state index contributed by atoms with van der Waals surface area (Å²) in [5, 5.41) is 9.10. The van der Waals surface area contributed by atoms with Gasteiger partial charge in [0.2, 0.25) is 5.91 Å². The maximum absolute atomic E-state index is 11.8. The number of carboxylic acid groups (broad SMARTS) is 1. The molecule has 0 spiro atoms. The van der Waals surface area contributed by atoms with E-state index in [0.717, 1.165) is 11.3 Å². The summed E-state index contributed by atoms with van der Waals surface area (Å²) in [6.07, 6.45) is 0.433. The lowest BCUT2D eigenvalue weighted by Crippen LogP contribution is -2.26. The molecule has 2 rings (SSSR count). The Labute approximate surface area is 111 Å². The summed E-state index contributed by atoms with van der Waals surface area (Å²) in [6, 6.07) is 3.26. The van der Waals surface area contributed by atoms with Gasteiger partial charge in [-0.1, -0.05) is 0 Å². The SMILES string of the molecule is Cc1c(C(=O)O)ccc(N2CC(S)CC2=O)c1C. The Hall–Kier alpha value is -1.49. The minimum Gasteiger partial charge on any atom is -0.478 e. The predicted octanol–water partition coefficient (Wildman–Crippen LogP) is 2.04. The fourth-order valence-corrected chi connectivity index (χ4v) is 2.57. The molecule has 0 radical (unpaired) electrons. The zero-order chi connectivity index (χ0) is 13.4. The molecule has 0 bridgehead atoms. The molecule has 1 unspecified atom stereocenters. The first-order chi connectivity index (χ1) is 8.41.